The molecule has 18 heavy (non-hydrogen) atoms. The Labute approximate surface area is 106 Å². The van der Waals surface area contributed by atoms with Crippen molar-refractivity contribution in [3.05, 3.63) is 23.8 Å². The number of quaternary nitrogens is 1. The molecule has 0 aliphatic carbocycles. The van der Waals surface area contributed by atoms with Crippen LogP contribution in [0.5, 0.6) is 11.5 Å². The number of aliphatic carboxylic acids is 1. The van der Waals surface area contributed by atoms with Crippen LogP contribution in [-0.2, 0) is 4.79 Å². The second-order valence-corrected chi connectivity index (χ2v) is 4.37. The number of carboxylic acid groups (broad SMARTS) is 1. The van der Waals surface area contributed by atoms with Crippen molar-refractivity contribution in [1.82, 2.24) is 0 Å². The van der Waals surface area contributed by atoms with Crippen molar-refractivity contribution >= 4 is 5.97 Å². The summed E-state index contributed by atoms with van der Waals surface area (Å²) in [6.07, 6.45) is 0. The van der Waals surface area contributed by atoms with Crippen molar-refractivity contribution in [2.75, 3.05) is 27.3 Å². The van der Waals surface area contributed by atoms with Crippen molar-refractivity contribution in [3.63, 3.8) is 0 Å². The topological polar surface area (TPSA) is 75.2 Å². The lowest BCUT2D eigenvalue weighted by atomic mass is 9.88. The predicted molar refractivity (Wildman–Crippen MR) is 62.4 cm³/mol. The highest BCUT2D eigenvalue weighted by molar-refractivity contribution is 5.70. The van der Waals surface area contributed by atoms with Gasteiger partial charge in [0.15, 0.2) is 11.5 Å². The molecule has 0 saturated carbocycles. The van der Waals surface area contributed by atoms with E-state index in [9.17, 15) is 9.90 Å². The van der Waals surface area contributed by atoms with Gasteiger partial charge in [-0.05, 0) is 6.07 Å². The van der Waals surface area contributed by atoms with Crippen LogP contribution >= 0.6 is 0 Å². The quantitative estimate of drug-likeness (QED) is 0.724. The Balaban J connectivity index is 2.41. The van der Waals surface area contributed by atoms with Gasteiger partial charge >= 0.3 is 0 Å². The Hall–Kier alpha value is -1.75. The molecule has 1 saturated heterocycles. The third kappa shape index (κ3) is 2.13. The molecule has 1 heterocycles. The van der Waals surface area contributed by atoms with Crippen LogP contribution in [0.4, 0.5) is 0 Å². The van der Waals surface area contributed by atoms with Crippen LogP contribution in [0.2, 0.25) is 0 Å². The molecule has 0 amide bonds. The van der Waals surface area contributed by atoms with E-state index in [0.29, 0.717) is 18.0 Å². The van der Waals surface area contributed by atoms with E-state index in [0.717, 1.165) is 12.1 Å². The maximum absolute atomic E-state index is 11.1. The first-order chi connectivity index (χ1) is 8.69. The fraction of sp³-hybridized carbons (Fsp3) is 0.462. The summed E-state index contributed by atoms with van der Waals surface area (Å²) in [5, 5.41) is 13.1. The summed E-state index contributed by atoms with van der Waals surface area (Å²) in [6, 6.07) is 5.54. The lowest BCUT2D eigenvalue weighted by Crippen LogP contribution is -2.81. The molecule has 0 aromatic heterocycles. The van der Waals surface area contributed by atoms with Crippen LogP contribution in [-0.4, -0.2) is 33.3 Å². The number of rotatable bonds is 4. The van der Waals surface area contributed by atoms with E-state index in [1.165, 1.54) is 0 Å². The largest absolute Gasteiger partial charge is 0.550 e. The maximum Gasteiger partial charge on any atom is 0.164 e. The molecule has 0 bridgehead atoms. The van der Waals surface area contributed by atoms with Gasteiger partial charge < -0.3 is 24.7 Å². The van der Waals surface area contributed by atoms with Crippen molar-refractivity contribution in [3.8, 4) is 11.5 Å². The molecule has 5 heteroatoms. The molecule has 5 nitrogen and oxygen atoms in total. The maximum atomic E-state index is 11.1. The Kier molecular flexibility index (Phi) is 3.72. The SMILES string of the molecule is COc1cccc([C@@H]2C[NH2+]C[C@H]2C(=O)[O-])c1OC. The van der Waals surface area contributed by atoms with Crippen LogP contribution in [0.15, 0.2) is 18.2 Å². The van der Waals surface area contributed by atoms with Crippen LogP contribution in [0, 0.1) is 5.92 Å². The highest BCUT2D eigenvalue weighted by atomic mass is 16.5. The number of carboxylic acids is 1. The number of carbonyl (C=O) groups is 1. The third-order valence-corrected chi connectivity index (χ3v) is 3.46. The highest BCUT2D eigenvalue weighted by Gasteiger charge is 2.35. The lowest BCUT2D eigenvalue weighted by Gasteiger charge is -2.20. The summed E-state index contributed by atoms with van der Waals surface area (Å²) in [7, 11) is 3.13. The third-order valence-electron chi connectivity index (χ3n) is 3.46. The van der Waals surface area contributed by atoms with E-state index >= 15 is 0 Å². The monoisotopic (exact) mass is 251 g/mol. The number of hydrogen-bond acceptors (Lipinski definition) is 4. The van der Waals surface area contributed by atoms with Crippen molar-refractivity contribution in [2.45, 2.75) is 5.92 Å². The molecule has 1 aromatic carbocycles. The Morgan fingerprint density at radius 3 is 2.72 bits per heavy atom. The summed E-state index contributed by atoms with van der Waals surface area (Å²) in [5.74, 6) is -0.338. The minimum atomic E-state index is -1.00. The first-order valence-electron chi connectivity index (χ1n) is 5.92. The molecule has 0 spiro atoms. The number of para-hydroxylation sites is 1. The fourth-order valence-corrected chi connectivity index (χ4v) is 2.59. The van der Waals surface area contributed by atoms with Crippen molar-refractivity contribution < 1.29 is 24.7 Å². The fourth-order valence-electron chi connectivity index (χ4n) is 2.59. The second-order valence-electron chi connectivity index (χ2n) is 4.37. The number of hydrogen-bond donors (Lipinski definition) is 1. The normalized spacial score (nSPS) is 22.8. The summed E-state index contributed by atoms with van der Waals surface area (Å²) in [5.41, 5.74) is 0.875. The van der Waals surface area contributed by atoms with Crippen LogP contribution < -0.4 is 19.9 Å². The summed E-state index contributed by atoms with van der Waals surface area (Å²) in [6.45, 7) is 1.27. The zero-order valence-corrected chi connectivity index (χ0v) is 10.5. The predicted octanol–water partition coefficient (Wildman–Crippen LogP) is -1.27. The van der Waals surface area contributed by atoms with Crippen LogP contribution in [0.3, 0.4) is 0 Å². The van der Waals surface area contributed by atoms with Gasteiger partial charge in [-0.3, -0.25) is 0 Å². The summed E-state index contributed by atoms with van der Waals surface area (Å²) in [4.78, 5) is 11.1. The van der Waals surface area contributed by atoms with Crippen molar-refractivity contribution in [2.24, 2.45) is 5.92 Å². The second kappa shape index (κ2) is 5.27. The molecular weight excluding hydrogens is 234 g/mol. The minimum Gasteiger partial charge on any atom is -0.550 e. The van der Waals surface area contributed by atoms with Crippen LogP contribution in [0.25, 0.3) is 0 Å². The smallest absolute Gasteiger partial charge is 0.164 e. The zero-order valence-electron chi connectivity index (χ0n) is 10.5. The molecular formula is C13H17NO4. The number of benzene rings is 1. The van der Waals surface area contributed by atoms with Gasteiger partial charge in [0.2, 0.25) is 0 Å². The lowest BCUT2D eigenvalue weighted by molar-refractivity contribution is -0.638. The molecule has 1 aliphatic rings. The Morgan fingerprint density at radius 1 is 1.33 bits per heavy atom. The average molecular weight is 251 g/mol. The van der Waals surface area contributed by atoms with Crippen molar-refractivity contribution in [1.29, 1.82) is 0 Å². The van der Waals surface area contributed by atoms with E-state index in [1.54, 1.807) is 20.3 Å². The Bertz CT molecular complexity index is 447. The molecule has 0 radical (unpaired) electrons. The minimum absolute atomic E-state index is 0.0972. The van der Waals surface area contributed by atoms with Gasteiger partial charge in [0.25, 0.3) is 0 Å². The molecule has 0 unspecified atom stereocenters. The molecule has 1 fully saturated rings. The zero-order chi connectivity index (χ0) is 13.1. The van der Waals surface area contributed by atoms with E-state index in [4.69, 9.17) is 9.47 Å². The summed E-state index contributed by atoms with van der Waals surface area (Å²) < 4.78 is 10.6. The number of carbonyl (C=O) groups excluding carboxylic acids is 1. The Morgan fingerprint density at radius 2 is 2.11 bits per heavy atom. The van der Waals surface area contributed by atoms with Gasteiger partial charge in [-0.1, -0.05) is 12.1 Å². The molecule has 1 aromatic rings. The molecule has 98 valence electrons. The van der Waals surface area contributed by atoms with Gasteiger partial charge in [-0.15, -0.1) is 0 Å². The number of ether oxygens (including phenoxy) is 2. The van der Waals surface area contributed by atoms with E-state index in [1.807, 2.05) is 17.4 Å². The van der Waals surface area contributed by atoms with E-state index in [2.05, 4.69) is 0 Å². The standard InChI is InChI=1S/C13H17NO4/c1-17-11-5-3-4-8(12(11)18-2)9-6-14-7-10(9)13(15)16/h3-5,9-10,14H,6-7H2,1-2H3,(H,15,16)/t9-,10+/m0/s1. The molecule has 1 aliphatic heterocycles. The average Bonchev–Trinajstić information content (AvgIpc) is 2.86. The van der Waals surface area contributed by atoms with E-state index in [-0.39, 0.29) is 5.92 Å². The van der Waals surface area contributed by atoms with Gasteiger partial charge in [0, 0.05) is 5.56 Å². The molecule has 2 N–H and O–H groups in total. The van der Waals surface area contributed by atoms with Crippen LogP contribution in [0.1, 0.15) is 11.5 Å². The van der Waals surface area contributed by atoms with Gasteiger partial charge in [-0.2, -0.15) is 0 Å². The first-order valence-corrected chi connectivity index (χ1v) is 5.92. The van der Waals surface area contributed by atoms with Gasteiger partial charge in [-0.25, -0.2) is 0 Å². The summed E-state index contributed by atoms with van der Waals surface area (Å²) >= 11 is 0. The molecule has 2 atom stereocenters. The number of methoxy groups -OCH3 is 2. The number of nitrogens with two attached hydrogens (primary N) is 1. The highest BCUT2D eigenvalue weighted by Crippen LogP contribution is 2.38. The van der Waals surface area contributed by atoms with E-state index < -0.39 is 11.9 Å². The molecule has 2 rings (SSSR count). The first kappa shape index (κ1) is 12.7. The van der Waals surface area contributed by atoms with Gasteiger partial charge in [0.1, 0.15) is 0 Å². The van der Waals surface area contributed by atoms with Gasteiger partial charge in [0.05, 0.1) is 45.1 Å².